The molecule has 8 heteroatoms. The van der Waals surface area contributed by atoms with Gasteiger partial charge in [-0.05, 0) is 24.3 Å². The third kappa shape index (κ3) is 2.85. The van der Waals surface area contributed by atoms with Crippen LogP contribution in [0.2, 0.25) is 0 Å². The lowest BCUT2D eigenvalue weighted by Gasteiger charge is -1.93. The Kier molecular flexibility index (Phi) is 3.46. The number of nitrogens with zero attached hydrogens (tertiary/aromatic N) is 4. The van der Waals surface area contributed by atoms with E-state index in [0.717, 1.165) is 0 Å². The van der Waals surface area contributed by atoms with Gasteiger partial charge < -0.3 is 8.83 Å². The van der Waals surface area contributed by atoms with E-state index >= 15 is 0 Å². The molecule has 0 spiro atoms. The second kappa shape index (κ2) is 5.41. The number of aryl methyl sites for hydroxylation is 1. The summed E-state index contributed by atoms with van der Waals surface area (Å²) in [5, 5.41) is 15.8. The lowest BCUT2D eigenvalue weighted by molar-refractivity contribution is 0.428. The maximum Gasteiger partial charge on any atom is 0.277 e. The summed E-state index contributed by atoms with van der Waals surface area (Å²) in [4.78, 5) is 0. The van der Waals surface area contributed by atoms with Crippen LogP contribution in [0.4, 0.5) is 4.39 Å². The molecule has 0 saturated carbocycles. The van der Waals surface area contributed by atoms with Crippen LogP contribution >= 0.6 is 11.8 Å². The van der Waals surface area contributed by atoms with Crippen LogP contribution in [0.3, 0.4) is 0 Å². The van der Waals surface area contributed by atoms with Gasteiger partial charge in [-0.2, -0.15) is 0 Å². The van der Waals surface area contributed by atoms with Crippen molar-refractivity contribution in [3.8, 4) is 11.5 Å². The molecule has 0 aliphatic carbocycles. The average Bonchev–Trinajstić information content (AvgIpc) is 3.06. The highest BCUT2D eigenvalue weighted by Gasteiger charge is 2.11. The van der Waals surface area contributed by atoms with Crippen molar-refractivity contribution >= 4 is 11.8 Å². The molecule has 0 atom stereocenters. The van der Waals surface area contributed by atoms with Crippen LogP contribution < -0.4 is 0 Å². The van der Waals surface area contributed by atoms with E-state index in [1.807, 2.05) is 0 Å². The SMILES string of the molecule is Cc1nnc(SCc2nnc(-c3ccc(F)cc3)o2)o1. The Bertz CT molecular complexity index is 710. The fraction of sp³-hybridized carbons (Fsp3) is 0.167. The van der Waals surface area contributed by atoms with Crippen molar-refractivity contribution < 1.29 is 13.2 Å². The Morgan fingerprint density at radius 2 is 1.85 bits per heavy atom. The molecule has 20 heavy (non-hydrogen) atoms. The van der Waals surface area contributed by atoms with E-state index in [-0.39, 0.29) is 5.82 Å². The van der Waals surface area contributed by atoms with Gasteiger partial charge in [-0.25, -0.2) is 4.39 Å². The Hall–Kier alpha value is -2.22. The lowest BCUT2D eigenvalue weighted by atomic mass is 10.2. The summed E-state index contributed by atoms with van der Waals surface area (Å²) in [6.45, 7) is 1.72. The zero-order valence-electron chi connectivity index (χ0n) is 10.4. The third-order valence-corrected chi connectivity index (χ3v) is 3.19. The normalized spacial score (nSPS) is 10.9. The standard InChI is InChI=1S/C12H9FN4O2S/c1-7-14-17-12(18-7)20-6-10-15-16-11(19-10)8-2-4-9(13)5-3-8/h2-5H,6H2,1H3. The van der Waals surface area contributed by atoms with Crippen molar-refractivity contribution in [2.75, 3.05) is 0 Å². The average molecular weight is 292 g/mol. The molecule has 0 fully saturated rings. The molecule has 2 aromatic heterocycles. The van der Waals surface area contributed by atoms with Crippen molar-refractivity contribution in [2.24, 2.45) is 0 Å². The Morgan fingerprint density at radius 3 is 2.55 bits per heavy atom. The van der Waals surface area contributed by atoms with Gasteiger partial charge in [0.1, 0.15) is 5.82 Å². The minimum atomic E-state index is -0.309. The molecule has 102 valence electrons. The Labute approximate surface area is 117 Å². The van der Waals surface area contributed by atoms with Crippen LogP contribution in [0.15, 0.2) is 38.3 Å². The summed E-state index contributed by atoms with van der Waals surface area (Å²) >= 11 is 1.31. The number of hydrogen-bond donors (Lipinski definition) is 0. The minimum Gasteiger partial charge on any atom is -0.420 e. The van der Waals surface area contributed by atoms with Gasteiger partial charge in [0, 0.05) is 12.5 Å². The molecular weight excluding hydrogens is 283 g/mol. The van der Waals surface area contributed by atoms with E-state index in [4.69, 9.17) is 8.83 Å². The highest BCUT2D eigenvalue weighted by atomic mass is 32.2. The molecule has 3 aromatic rings. The largest absolute Gasteiger partial charge is 0.420 e. The van der Waals surface area contributed by atoms with Gasteiger partial charge in [-0.1, -0.05) is 11.8 Å². The van der Waals surface area contributed by atoms with Crippen molar-refractivity contribution in [3.05, 3.63) is 41.9 Å². The first kappa shape index (κ1) is 12.8. The first-order chi connectivity index (χ1) is 9.70. The van der Waals surface area contributed by atoms with Crippen LogP contribution in [-0.4, -0.2) is 20.4 Å². The maximum atomic E-state index is 12.8. The molecule has 0 radical (unpaired) electrons. The Balaban J connectivity index is 1.69. The first-order valence-corrected chi connectivity index (χ1v) is 6.70. The summed E-state index contributed by atoms with van der Waals surface area (Å²) in [5.41, 5.74) is 0.670. The van der Waals surface area contributed by atoms with Gasteiger partial charge in [0.2, 0.25) is 17.7 Å². The fourth-order valence-corrected chi connectivity index (χ4v) is 2.12. The summed E-state index contributed by atoms with van der Waals surface area (Å²) in [6, 6.07) is 5.85. The summed E-state index contributed by atoms with van der Waals surface area (Å²) in [6.07, 6.45) is 0. The molecule has 3 rings (SSSR count). The second-order valence-corrected chi connectivity index (χ2v) is 4.81. The predicted octanol–water partition coefficient (Wildman–Crippen LogP) is 2.86. The zero-order chi connectivity index (χ0) is 13.9. The molecule has 0 N–H and O–H groups in total. The number of benzene rings is 1. The van der Waals surface area contributed by atoms with Gasteiger partial charge in [-0.3, -0.25) is 0 Å². The molecular formula is C12H9FN4O2S. The van der Waals surface area contributed by atoms with Crippen LogP contribution in [0.1, 0.15) is 11.8 Å². The number of aromatic nitrogens is 4. The van der Waals surface area contributed by atoms with E-state index in [1.54, 1.807) is 19.1 Å². The number of thioether (sulfide) groups is 1. The quantitative estimate of drug-likeness (QED) is 0.684. The van der Waals surface area contributed by atoms with E-state index in [1.165, 1.54) is 23.9 Å². The summed E-state index contributed by atoms with van der Waals surface area (Å²) in [5.74, 6) is 1.41. The van der Waals surface area contributed by atoms with E-state index in [9.17, 15) is 4.39 Å². The van der Waals surface area contributed by atoms with Gasteiger partial charge in [0.25, 0.3) is 5.22 Å². The number of rotatable bonds is 4. The zero-order valence-corrected chi connectivity index (χ0v) is 11.2. The van der Waals surface area contributed by atoms with Crippen LogP contribution in [-0.2, 0) is 5.75 Å². The van der Waals surface area contributed by atoms with Crippen LogP contribution in [0, 0.1) is 12.7 Å². The highest BCUT2D eigenvalue weighted by Crippen LogP contribution is 2.23. The van der Waals surface area contributed by atoms with Crippen molar-refractivity contribution in [2.45, 2.75) is 17.9 Å². The predicted molar refractivity (Wildman–Crippen MR) is 68.3 cm³/mol. The molecule has 2 heterocycles. The first-order valence-electron chi connectivity index (χ1n) is 5.72. The molecule has 0 aliphatic rings. The van der Waals surface area contributed by atoms with Gasteiger partial charge in [0.15, 0.2) is 0 Å². The highest BCUT2D eigenvalue weighted by molar-refractivity contribution is 7.98. The smallest absolute Gasteiger partial charge is 0.277 e. The van der Waals surface area contributed by atoms with Crippen molar-refractivity contribution in [1.29, 1.82) is 0 Å². The molecule has 1 aromatic carbocycles. The molecule has 0 bridgehead atoms. The van der Waals surface area contributed by atoms with E-state index < -0.39 is 0 Å². The summed E-state index contributed by atoms with van der Waals surface area (Å²) in [7, 11) is 0. The van der Waals surface area contributed by atoms with E-state index in [0.29, 0.717) is 34.2 Å². The topological polar surface area (TPSA) is 77.8 Å². The number of hydrogen-bond acceptors (Lipinski definition) is 7. The van der Waals surface area contributed by atoms with E-state index in [2.05, 4.69) is 20.4 Å². The second-order valence-electron chi connectivity index (χ2n) is 3.88. The monoisotopic (exact) mass is 292 g/mol. The molecule has 0 unspecified atom stereocenters. The van der Waals surface area contributed by atoms with Crippen molar-refractivity contribution in [3.63, 3.8) is 0 Å². The van der Waals surface area contributed by atoms with Crippen molar-refractivity contribution in [1.82, 2.24) is 20.4 Å². The minimum absolute atomic E-state index is 0.309. The van der Waals surface area contributed by atoms with Gasteiger partial charge >= 0.3 is 0 Å². The van der Waals surface area contributed by atoms with Crippen LogP contribution in [0.25, 0.3) is 11.5 Å². The molecule has 6 nitrogen and oxygen atoms in total. The summed E-state index contributed by atoms with van der Waals surface area (Å²) < 4.78 is 23.5. The fourth-order valence-electron chi connectivity index (χ4n) is 1.48. The molecule has 0 amide bonds. The Morgan fingerprint density at radius 1 is 1.05 bits per heavy atom. The third-order valence-electron chi connectivity index (χ3n) is 2.38. The number of halogens is 1. The lowest BCUT2D eigenvalue weighted by Crippen LogP contribution is -1.80. The van der Waals surface area contributed by atoms with Gasteiger partial charge in [-0.15, -0.1) is 20.4 Å². The molecule has 0 aliphatic heterocycles. The van der Waals surface area contributed by atoms with Gasteiger partial charge in [0.05, 0.1) is 5.75 Å². The molecule has 0 saturated heterocycles. The maximum absolute atomic E-state index is 12.8. The van der Waals surface area contributed by atoms with Crippen LogP contribution in [0.5, 0.6) is 0 Å².